The first-order chi connectivity index (χ1) is 13.7. The Morgan fingerprint density at radius 3 is 2.39 bits per heavy atom. The topological polar surface area (TPSA) is 63.2 Å². The Bertz CT molecular complexity index is 863. The van der Waals surface area contributed by atoms with Gasteiger partial charge in [0, 0.05) is 12.1 Å². The minimum Gasteiger partial charge on any atom is -0.489 e. The summed E-state index contributed by atoms with van der Waals surface area (Å²) >= 11 is 0. The molecule has 0 aliphatic heterocycles. The van der Waals surface area contributed by atoms with E-state index in [2.05, 4.69) is 22.5 Å². The minimum atomic E-state index is 0.0236. The number of nitrogens with one attached hydrogen (secondary N) is 2. The molecule has 0 aliphatic carbocycles. The number of amides is 1. The van der Waals surface area contributed by atoms with Crippen molar-refractivity contribution in [1.82, 2.24) is 4.98 Å². The van der Waals surface area contributed by atoms with E-state index >= 15 is 0 Å². The standard InChI is InChI=1S/C23H25N3O2/c1-2-3-9-23(27)26-20-12-15-22(24-16-20)25-19-10-13-21(14-11-19)28-17-18-7-5-4-6-8-18/h4-8,10-16H,2-3,9,17H2,1H3,(H,24,25)(H,26,27). The molecule has 2 N–H and O–H groups in total. The van der Waals surface area contributed by atoms with Gasteiger partial charge in [-0.25, -0.2) is 4.98 Å². The molecule has 5 heteroatoms. The third kappa shape index (κ3) is 6.13. The highest BCUT2D eigenvalue weighted by atomic mass is 16.5. The Balaban J connectivity index is 1.50. The average Bonchev–Trinajstić information content (AvgIpc) is 2.74. The number of carbonyl (C=O) groups is 1. The summed E-state index contributed by atoms with van der Waals surface area (Å²) in [7, 11) is 0. The average molecular weight is 375 g/mol. The number of aromatic nitrogens is 1. The van der Waals surface area contributed by atoms with Gasteiger partial charge in [-0.05, 0) is 48.4 Å². The number of hydrogen-bond donors (Lipinski definition) is 2. The molecule has 0 radical (unpaired) electrons. The Morgan fingerprint density at radius 1 is 0.964 bits per heavy atom. The molecule has 5 nitrogen and oxygen atoms in total. The number of nitrogens with zero attached hydrogens (tertiary/aromatic N) is 1. The van der Waals surface area contributed by atoms with Crippen molar-refractivity contribution < 1.29 is 9.53 Å². The number of hydrogen-bond acceptors (Lipinski definition) is 4. The fourth-order valence-corrected chi connectivity index (χ4v) is 2.63. The van der Waals surface area contributed by atoms with Crippen LogP contribution in [-0.2, 0) is 11.4 Å². The lowest BCUT2D eigenvalue weighted by atomic mass is 10.2. The monoisotopic (exact) mass is 375 g/mol. The van der Waals surface area contributed by atoms with Crippen LogP contribution in [0.5, 0.6) is 5.75 Å². The van der Waals surface area contributed by atoms with Gasteiger partial charge in [0.2, 0.25) is 5.91 Å². The molecule has 28 heavy (non-hydrogen) atoms. The first kappa shape index (κ1) is 19.4. The van der Waals surface area contributed by atoms with Gasteiger partial charge in [0.05, 0.1) is 11.9 Å². The van der Waals surface area contributed by atoms with Crippen LogP contribution in [0.3, 0.4) is 0 Å². The maximum Gasteiger partial charge on any atom is 0.224 e. The lowest BCUT2D eigenvalue weighted by Gasteiger charge is -2.09. The molecule has 0 fully saturated rings. The van der Waals surface area contributed by atoms with E-state index in [-0.39, 0.29) is 5.91 Å². The van der Waals surface area contributed by atoms with E-state index in [4.69, 9.17) is 4.74 Å². The molecule has 1 amide bonds. The second kappa shape index (κ2) is 10.1. The van der Waals surface area contributed by atoms with Crippen molar-refractivity contribution in [3.8, 4) is 5.75 Å². The molecule has 3 rings (SSSR count). The molecule has 0 atom stereocenters. The fraction of sp³-hybridized carbons (Fsp3) is 0.217. The zero-order valence-corrected chi connectivity index (χ0v) is 16.0. The molecule has 144 valence electrons. The van der Waals surface area contributed by atoms with Gasteiger partial charge >= 0.3 is 0 Å². The van der Waals surface area contributed by atoms with Crippen molar-refractivity contribution in [2.45, 2.75) is 32.8 Å². The van der Waals surface area contributed by atoms with Crippen molar-refractivity contribution in [1.29, 1.82) is 0 Å². The molecule has 1 heterocycles. The number of carbonyl (C=O) groups excluding carboxylic acids is 1. The van der Waals surface area contributed by atoms with Crippen LogP contribution in [0, 0.1) is 0 Å². The Morgan fingerprint density at radius 2 is 1.71 bits per heavy atom. The largest absolute Gasteiger partial charge is 0.489 e. The highest BCUT2D eigenvalue weighted by Crippen LogP contribution is 2.20. The molecule has 2 aromatic carbocycles. The molecule has 0 bridgehead atoms. The first-order valence-electron chi connectivity index (χ1n) is 9.52. The molecular formula is C23H25N3O2. The number of pyridine rings is 1. The highest BCUT2D eigenvalue weighted by molar-refractivity contribution is 5.90. The van der Waals surface area contributed by atoms with Gasteiger partial charge in [0.25, 0.3) is 0 Å². The summed E-state index contributed by atoms with van der Waals surface area (Å²) in [5.74, 6) is 1.55. The summed E-state index contributed by atoms with van der Waals surface area (Å²) in [5.41, 5.74) is 2.76. The van der Waals surface area contributed by atoms with Crippen molar-refractivity contribution in [3.63, 3.8) is 0 Å². The number of unbranched alkanes of at least 4 members (excludes halogenated alkanes) is 1. The fourth-order valence-electron chi connectivity index (χ4n) is 2.63. The van der Waals surface area contributed by atoms with Gasteiger partial charge in [-0.1, -0.05) is 43.7 Å². The summed E-state index contributed by atoms with van der Waals surface area (Å²) in [6.07, 6.45) is 4.09. The van der Waals surface area contributed by atoms with Gasteiger partial charge in [0.15, 0.2) is 0 Å². The molecule has 3 aromatic rings. The van der Waals surface area contributed by atoms with Crippen LogP contribution in [0.15, 0.2) is 72.9 Å². The van der Waals surface area contributed by atoms with E-state index in [0.29, 0.717) is 24.5 Å². The Labute approximate surface area is 165 Å². The number of ether oxygens (including phenoxy) is 1. The van der Waals surface area contributed by atoms with Gasteiger partial charge in [-0.15, -0.1) is 0 Å². The summed E-state index contributed by atoms with van der Waals surface area (Å²) in [6, 6.07) is 21.5. The van der Waals surface area contributed by atoms with Crippen molar-refractivity contribution in [2.75, 3.05) is 10.6 Å². The van der Waals surface area contributed by atoms with Crippen LogP contribution >= 0.6 is 0 Å². The minimum absolute atomic E-state index is 0.0236. The summed E-state index contributed by atoms with van der Waals surface area (Å²) in [5, 5.41) is 6.10. The molecular weight excluding hydrogens is 350 g/mol. The van der Waals surface area contributed by atoms with Gasteiger partial charge < -0.3 is 15.4 Å². The van der Waals surface area contributed by atoms with Gasteiger partial charge in [-0.3, -0.25) is 4.79 Å². The zero-order valence-electron chi connectivity index (χ0n) is 16.0. The second-order valence-corrected chi connectivity index (χ2v) is 6.51. The normalized spacial score (nSPS) is 10.3. The smallest absolute Gasteiger partial charge is 0.224 e. The van der Waals surface area contributed by atoms with E-state index in [9.17, 15) is 4.79 Å². The van der Waals surface area contributed by atoms with E-state index < -0.39 is 0 Å². The Kier molecular flexibility index (Phi) is 7.01. The van der Waals surface area contributed by atoms with E-state index in [1.54, 1.807) is 6.20 Å². The molecule has 0 saturated heterocycles. The van der Waals surface area contributed by atoms with Crippen LogP contribution in [0.25, 0.3) is 0 Å². The second-order valence-electron chi connectivity index (χ2n) is 6.51. The Hall–Kier alpha value is -3.34. The lowest BCUT2D eigenvalue weighted by molar-refractivity contribution is -0.116. The van der Waals surface area contributed by atoms with Crippen LogP contribution in [0.1, 0.15) is 31.7 Å². The third-order valence-corrected chi connectivity index (χ3v) is 4.18. The summed E-state index contributed by atoms with van der Waals surface area (Å²) in [4.78, 5) is 16.1. The van der Waals surface area contributed by atoms with Crippen LogP contribution < -0.4 is 15.4 Å². The SMILES string of the molecule is CCCCC(=O)Nc1ccc(Nc2ccc(OCc3ccccc3)cc2)nc1. The first-order valence-corrected chi connectivity index (χ1v) is 9.52. The number of benzene rings is 2. The van der Waals surface area contributed by atoms with E-state index in [0.717, 1.165) is 29.8 Å². The molecule has 1 aromatic heterocycles. The van der Waals surface area contributed by atoms with Gasteiger partial charge in [-0.2, -0.15) is 0 Å². The van der Waals surface area contributed by atoms with E-state index in [1.807, 2.05) is 66.7 Å². The molecule has 0 aliphatic rings. The highest BCUT2D eigenvalue weighted by Gasteiger charge is 2.03. The zero-order chi connectivity index (χ0) is 19.6. The number of rotatable bonds is 9. The maximum atomic E-state index is 11.8. The van der Waals surface area contributed by atoms with Crippen LogP contribution in [0.2, 0.25) is 0 Å². The van der Waals surface area contributed by atoms with Crippen LogP contribution in [-0.4, -0.2) is 10.9 Å². The third-order valence-electron chi connectivity index (χ3n) is 4.18. The predicted molar refractivity (Wildman–Crippen MR) is 113 cm³/mol. The summed E-state index contributed by atoms with van der Waals surface area (Å²) < 4.78 is 5.79. The molecule has 0 unspecified atom stereocenters. The molecule has 0 spiro atoms. The number of anilines is 3. The maximum absolute atomic E-state index is 11.8. The quantitative estimate of drug-likeness (QED) is 0.516. The van der Waals surface area contributed by atoms with Crippen molar-refractivity contribution >= 4 is 23.1 Å². The molecule has 0 saturated carbocycles. The van der Waals surface area contributed by atoms with Crippen molar-refractivity contribution in [2.24, 2.45) is 0 Å². The van der Waals surface area contributed by atoms with Crippen LogP contribution in [0.4, 0.5) is 17.2 Å². The lowest BCUT2D eigenvalue weighted by Crippen LogP contribution is -2.11. The summed E-state index contributed by atoms with van der Waals surface area (Å²) in [6.45, 7) is 2.61. The predicted octanol–water partition coefficient (Wildman–Crippen LogP) is 5.53. The van der Waals surface area contributed by atoms with Gasteiger partial charge in [0.1, 0.15) is 18.2 Å². The van der Waals surface area contributed by atoms with Crippen molar-refractivity contribution in [3.05, 3.63) is 78.5 Å². The van der Waals surface area contributed by atoms with E-state index in [1.165, 1.54) is 0 Å².